The van der Waals surface area contributed by atoms with Gasteiger partial charge in [0.25, 0.3) is 0 Å². The highest BCUT2D eigenvalue weighted by Crippen LogP contribution is 2.24. The van der Waals surface area contributed by atoms with Gasteiger partial charge in [-0.25, -0.2) is 0 Å². The van der Waals surface area contributed by atoms with Gasteiger partial charge >= 0.3 is 0 Å². The van der Waals surface area contributed by atoms with Crippen LogP contribution in [0.15, 0.2) is 58.3 Å². The Morgan fingerprint density at radius 1 is 0.778 bits per heavy atom. The van der Waals surface area contributed by atoms with Gasteiger partial charge in [0.15, 0.2) is 0 Å². The molecule has 2 rings (SSSR count). The minimum Gasteiger partial charge on any atom is -0.508 e. The maximum atomic E-state index is 9.19. The van der Waals surface area contributed by atoms with Gasteiger partial charge in [-0.15, -0.1) is 23.5 Å². The molecule has 0 saturated heterocycles. The van der Waals surface area contributed by atoms with Crippen LogP contribution in [0.5, 0.6) is 5.75 Å². The van der Waals surface area contributed by atoms with Crippen molar-refractivity contribution in [1.29, 1.82) is 0 Å². The van der Waals surface area contributed by atoms with Crippen LogP contribution in [0.4, 0.5) is 0 Å². The SMILES string of the molecule is Cc1ccc(SCCSc2ccc(O)cc2)cc1. The van der Waals surface area contributed by atoms with Crippen LogP contribution in [0.2, 0.25) is 0 Å². The number of benzene rings is 2. The van der Waals surface area contributed by atoms with Crippen molar-refractivity contribution < 1.29 is 5.11 Å². The molecule has 0 unspecified atom stereocenters. The van der Waals surface area contributed by atoms with E-state index < -0.39 is 0 Å². The minimum absolute atomic E-state index is 0.327. The summed E-state index contributed by atoms with van der Waals surface area (Å²) >= 11 is 3.70. The maximum absolute atomic E-state index is 9.19. The molecule has 0 aromatic heterocycles. The zero-order chi connectivity index (χ0) is 12.8. The summed E-state index contributed by atoms with van der Waals surface area (Å²) in [5.41, 5.74) is 1.30. The first kappa shape index (κ1) is 13.4. The number of hydrogen-bond donors (Lipinski definition) is 1. The van der Waals surface area contributed by atoms with Crippen LogP contribution in [-0.2, 0) is 0 Å². The number of thioether (sulfide) groups is 2. The third-order valence-corrected chi connectivity index (χ3v) is 4.76. The number of aromatic hydroxyl groups is 1. The normalized spacial score (nSPS) is 10.5. The molecule has 1 nitrogen and oxygen atoms in total. The maximum Gasteiger partial charge on any atom is 0.115 e. The van der Waals surface area contributed by atoms with E-state index in [-0.39, 0.29) is 0 Å². The van der Waals surface area contributed by atoms with E-state index in [4.69, 9.17) is 0 Å². The Bertz CT molecular complexity index is 429. The van der Waals surface area contributed by atoms with E-state index in [0.29, 0.717) is 5.75 Å². The van der Waals surface area contributed by atoms with E-state index >= 15 is 0 Å². The Kier molecular flexibility index (Phi) is 5.02. The summed E-state index contributed by atoms with van der Waals surface area (Å²) in [6.07, 6.45) is 0. The fourth-order valence-electron chi connectivity index (χ4n) is 1.50. The van der Waals surface area contributed by atoms with Crippen LogP contribution in [0.25, 0.3) is 0 Å². The van der Waals surface area contributed by atoms with Crippen LogP contribution >= 0.6 is 23.5 Å². The number of phenolic OH excluding ortho intramolecular Hbond substituents is 1. The largest absolute Gasteiger partial charge is 0.508 e. The number of aryl methyl sites for hydroxylation is 1. The average Bonchev–Trinajstić information content (AvgIpc) is 2.39. The summed E-state index contributed by atoms with van der Waals surface area (Å²) in [6.45, 7) is 2.11. The molecule has 0 radical (unpaired) electrons. The molecule has 1 N–H and O–H groups in total. The van der Waals surface area contributed by atoms with E-state index in [1.807, 2.05) is 35.7 Å². The van der Waals surface area contributed by atoms with Crippen molar-refractivity contribution in [3.8, 4) is 5.75 Å². The first-order valence-electron chi connectivity index (χ1n) is 5.85. The van der Waals surface area contributed by atoms with Crippen LogP contribution in [0.1, 0.15) is 5.56 Å². The molecule has 2 aromatic rings. The summed E-state index contributed by atoms with van der Waals surface area (Å²) in [5, 5.41) is 9.19. The lowest BCUT2D eigenvalue weighted by atomic mass is 10.2. The van der Waals surface area contributed by atoms with E-state index in [1.165, 1.54) is 15.4 Å². The minimum atomic E-state index is 0.327. The molecule has 0 saturated carbocycles. The monoisotopic (exact) mass is 276 g/mol. The van der Waals surface area contributed by atoms with Crippen molar-refractivity contribution in [1.82, 2.24) is 0 Å². The Balaban J connectivity index is 1.73. The Labute approximate surface area is 117 Å². The van der Waals surface area contributed by atoms with E-state index in [1.54, 1.807) is 12.1 Å². The van der Waals surface area contributed by atoms with E-state index in [0.717, 1.165) is 11.5 Å². The molecule has 94 valence electrons. The van der Waals surface area contributed by atoms with Crippen LogP contribution in [-0.4, -0.2) is 16.6 Å². The van der Waals surface area contributed by atoms with Crippen molar-refractivity contribution >= 4 is 23.5 Å². The van der Waals surface area contributed by atoms with Gasteiger partial charge < -0.3 is 5.11 Å². The second-order valence-electron chi connectivity index (χ2n) is 4.00. The Morgan fingerprint density at radius 3 is 1.72 bits per heavy atom. The van der Waals surface area contributed by atoms with Crippen molar-refractivity contribution in [3.63, 3.8) is 0 Å². The number of hydrogen-bond acceptors (Lipinski definition) is 3. The highest BCUT2D eigenvalue weighted by molar-refractivity contribution is 8.03. The van der Waals surface area contributed by atoms with Crippen molar-refractivity contribution in [2.45, 2.75) is 16.7 Å². The van der Waals surface area contributed by atoms with Crippen molar-refractivity contribution in [2.24, 2.45) is 0 Å². The molecule has 2 aromatic carbocycles. The predicted molar refractivity (Wildman–Crippen MR) is 80.7 cm³/mol. The van der Waals surface area contributed by atoms with Crippen LogP contribution in [0.3, 0.4) is 0 Å². The molecular weight excluding hydrogens is 260 g/mol. The molecule has 0 fully saturated rings. The van der Waals surface area contributed by atoms with E-state index in [2.05, 4.69) is 31.2 Å². The van der Waals surface area contributed by atoms with Gasteiger partial charge in [-0.2, -0.15) is 0 Å². The lowest BCUT2D eigenvalue weighted by Crippen LogP contribution is -1.84. The third kappa shape index (κ3) is 4.31. The summed E-state index contributed by atoms with van der Waals surface area (Å²) in [5.74, 6) is 2.49. The molecule has 0 aliphatic heterocycles. The van der Waals surface area contributed by atoms with E-state index in [9.17, 15) is 5.11 Å². The zero-order valence-electron chi connectivity index (χ0n) is 10.3. The lowest BCUT2D eigenvalue weighted by Gasteiger charge is -2.03. The van der Waals surface area contributed by atoms with Gasteiger partial charge in [-0.3, -0.25) is 0 Å². The van der Waals surface area contributed by atoms with Gasteiger partial charge in [0.2, 0.25) is 0 Å². The topological polar surface area (TPSA) is 20.2 Å². The molecule has 0 aliphatic rings. The average molecular weight is 276 g/mol. The lowest BCUT2D eigenvalue weighted by molar-refractivity contribution is 0.475. The van der Waals surface area contributed by atoms with Gasteiger partial charge in [0, 0.05) is 21.3 Å². The smallest absolute Gasteiger partial charge is 0.115 e. The summed E-state index contributed by atoms with van der Waals surface area (Å²) < 4.78 is 0. The standard InChI is InChI=1S/C15H16OS2/c1-12-2-6-14(7-3-12)17-10-11-18-15-8-4-13(16)5-9-15/h2-9,16H,10-11H2,1H3. The highest BCUT2D eigenvalue weighted by Gasteiger charge is 1.97. The molecular formula is C15H16OS2. The fourth-order valence-corrected chi connectivity index (χ4v) is 3.29. The van der Waals surface area contributed by atoms with Crippen LogP contribution < -0.4 is 0 Å². The van der Waals surface area contributed by atoms with Crippen LogP contribution in [0, 0.1) is 6.92 Å². The predicted octanol–water partition coefficient (Wildman–Crippen LogP) is 4.59. The third-order valence-electron chi connectivity index (χ3n) is 2.48. The molecule has 0 heterocycles. The van der Waals surface area contributed by atoms with Gasteiger partial charge in [-0.1, -0.05) is 17.7 Å². The first-order chi connectivity index (χ1) is 8.74. The van der Waals surface area contributed by atoms with Gasteiger partial charge in [-0.05, 0) is 43.3 Å². The Hall–Kier alpha value is -1.06. The molecule has 0 aliphatic carbocycles. The molecule has 18 heavy (non-hydrogen) atoms. The summed E-state index contributed by atoms with van der Waals surface area (Å²) in [6, 6.07) is 16.0. The Morgan fingerprint density at radius 2 is 1.22 bits per heavy atom. The molecule has 0 bridgehead atoms. The summed E-state index contributed by atoms with van der Waals surface area (Å²) in [4.78, 5) is 2.53. The second kappa shape index (κ2) is 6.76. The van der Waals surface area contributed by atoms with Gasteiger partial charge in [0.1, 0.15) is 5.75 Å². The summed E-state index contributed by atoms with van der Waals surface area (Å²) in [7, 11) is 0. The quantitative estimate of drug-likeness (QED) is 0.637. The van der Waals surface area contributed by atoms with Gasteiger partial charge in [0.05, 0.1) is 0 Å². The molecule has 0 amide bonds. The number of phenols is 1. The van der Waals surface area contributed by atoms with Crippen molar-refractivity contribution in [2.75, 3.05) is 11.5 Å². The van der Waals surface area contributed by atoms with Crippen molar-refractivity contribution in [3.05, 3.63) is 54.1 Å². The molecule has 0 atom stereocenters. The molecule has 3 heteroatoms. The second-order valence-corrected chi connectivity index (χ2v) is 6.34. The highest BCUT2D eigenvalue weighted by atomic mass is 32.2. The fraction of sp³-hybridized carbons (Fsp3) is 0.200. The first-order valence-corrected chi connectivity index (χ1v) is 7.82. The molecule has 0 spiro atoms. The number of rotatable bonds is 5. The zero-order valence-corrected chi connectivity index (χ0v) is 11.9.